The molecule has 0 saturated carbocycles. The smallest absolute Gasteiger partial charge is 0.337 e. The fourth-order valence-electron chi connectivity index (χ4n) is 3.36. The molecule has 0 unspecified atom stereocenters. The van der Waals surface area contributed by atoms with Gasteiger partial charge < -0.3 is 20.6 Å². The van der Waals surface area contributed by atoms with E-state index in [1.54, 1.807) is 18.2 Å². The van der Waals surface area contributed by atoms with Gasteiger partial charge in [-0.05, 0) is 29.8 Å². The van der Waals surface area contributed by atoms with Crippen molar-refractivity contribution in [2.75, 3.05) is 7.11 Å². The molecule has 3 aromatic carbocycles. The van der Waals surface area contributed by atoms with Crippen LogP contribution in [0.1, 0.15) is 27.0 Å². The van der Waals surface area contributed by atoms with Gasteiger partial charge in [0.15, 0.2) is 5.88 Å². The summed E-state index contributed by atoms with van der Waals surface area (Å²) >= 11 is 0. The van der Waals surface area contributed by atoms with E-state index in [4.69, 9.17) is 15.5 Å². The van der Waals surface area contributed by atoms with E-state index in [9.17, 15) is 9.90 Å². The average Bonchev–Trinajstić information content (AvgIpc) is 3.12. The molecule has 1 aromatic heterocycles. The lowest BCUT2D eigenvalue weighted by molar-refractivity contribution is 0.0601. The predicted octanol–water partition coefficient (Wildman–Crippen LogP) is 4.29. The van der Waals surface area contributed by atoms with Crippen molar-refractivity contribution in [1.29, 1.82) is 0 Å². The van der Waals surface area contributed by atoms with Crippen LogP contribution in [-0.2, 0) is 11.3 Å². The number of methoxy groups -OCH3 is 1. The summed E-state index contributed by atoms with van der Waals surface area (Å²) in [4.78, 5) is 19.7. The zero-order chi connectivity index (χ0) is 21.1. The molecule has 4 aromatic rings. The molecule has 0 bridgehead atoms. The number of carbonyl (C=O) groups is 1. The number of hydrogen-bond acceptors (Lipinski definition) is 5. The van der Waals surface area contributed by atoms with Gasteiger partial charge in [-0.15, -0.1) is 0 Å². The van der Waals surface area contributed by atoms with Crippen LogP contribution >= 0.6 is 0 Å². The summed E-state index contributed by atoms with van der Waals surface area (Å²) < 4.78 is 4.79. The summed E-state index contributed by atoms with van der Waals surface area (Å²) in [5, 5.41) is 11.5. The maximum Gasteiger partial charge on any atom is 0.337 e. The lowest BCUT2D eigenvalue weighted by Gasteiger charge is -2.08. The number of aliphatic imine (C=N–C) groups is 1. The quantitative estimate of drug-likeness (QED) is 0.344. The number of aromatic amines is 1. The van der Waals surface area contributed by atoms with Gasteiger partial charge in [-0.25, -0.2) is 9.79 Å². The van der Waals surface area contributed by atoms with Gasteiger partial charge in [0.2, 0.25) is 0 Å². The lowest BCUT2D eigenvalue weighted by atomic mass is 10.00. The van der Waals surface area contributed by atoms with E-state index < -0.39 is 5.97 Å². The number of nitrogens with two attached hydrogens (primary N) is 1. The second-order valence-electron chi connectivity index (χ2n) is 6.80. The van der Waals surface area contributed by atoms with Gasteiger partial charge in [0.1, 0.15) is 0 Å². The zero-order valence-corrected chi connectivity index (χ0v) is 16.4. The van der Waals surface area contributed by atoms with Crippen LogP contribution in [0.5, 0.6) is 5.88 Å². The van der Waals surface area contributed by atoms with Crippen LogP contribution in [0.15, 0.2) is 77.8 Å². The van der Waals surface area contributed by atoms with Crippen LogP contribution in [0.2, 0.25) is 0 Å². The van der Waals surface area contributed by atoms with Gasteiger partial charge in [0.05, 0.1) is 29.6 Å². The Kier molecular flexibility index (Phi) is 5.32. The zero-order valence-electron chi connectivity index (χ0n) is 16.4. The summed E-state index contributed by atoms with van der Waals surface area (Å²) in [5.41, 5.74) is 10.5. The number of aromatic hydroxyl groups is 1. The Morgan fingerprint density at radius 2 is 1.77 bits per heavy atom. The summed E-state index contributed by atoms with van der Waals surface area (Å²) in [5.74, 6) is -0.460. The SMILES string of the molecule is COC(=O)c1ccc2c(C(=Nc3ccc(CN)cc3)c3ccccc3)c(O)[nH]c2c1. The molecule has 0 atom stereocenters. The minimum absolute atomic E-state index is 0.0202. The largest absolute Gasteiger partial charge is 0.494 e. The fourth-order valence-corrected chi connectivity index (χ4v) is 3.36. The van der Waals surface area contributed by atoms with Crippen molar-refractivity contribution in [3.8, 4) is 5.88 Å². The first kappa shape index (κ1) is 19.4. The van der Waals surface area contributed by atoms with Crippen molar-refractivity contribution in [2.24, 2.45) is 10.7 Å². The number of rotatable bonds is 5. The average molecular weight is 399 g/mol. The van der Waals surface area contributed by atoms with Crippen LogP contribution in [0.25, 0.3) is 10.9 Å². The molecule has 1 heterocycles. The van der Waals surface area contributed by atoms with Crippen LogP contribution in [-0.4, -0.2) is 28.9 Å². The highest BCUT2D eigenvalue weighted by molar-refractivity contribution is 6.22. The molecular formula is C24H21N3O3. The maximum absolute atomic E-state index is 11.9. The molecule has 6 nitrogen and oxygen atoms in total. The molecule has 0 aliphatic heterocycles. The van der Waals surface area contributed by atoms with Gasteiger partial charge >= 0.3 is 5.97 Å². The van der Waals surface area contributed by atoms with Crippen molar-refractivity contribution in [1.82, 2.24) is 4.98 Å². The van der Waals surface area contributed by atoms with Crippen LogP contribution in [0, 0.1) is 0 Å². The molecule has 150 valence electrons. The van der Waals surface area contributed by atoms with Crippen molar-refractivity contribution < 1.29 is 14.6 Å². The first-order chi connectivity index (χ1) is 14.6. The van der Waals surface area contributed by atoms with Gasteiger partial charge in [0.25, 0.3) is 0 Å². The Hall–Kier alpha value is -3.90. The van der Waals surface area contributed by atoms with Gasteiger partial charge in [-0.3, -0.25) is 0 Å². The van der Waals surface area contributed by atoms with E-state index in [0.29, 0.717) is 28.9 Å². The lowest BCUT2D eigenvalue weighted by Crippen LogP contribution is -2.03. The van der Waals surface area contributed by atoms with E-state index in [-0.39, 0.29) is 5.88 Å². The van der Waals surface area contributed by atoms with Crippen molar-refractivity contribution in [3.05, 3.63) is 95.1 Å². The third kappa shape index (κ3) is 3.68. The summed E-state index contributed by atoms with van der Waals surface area (Å²) in [6.07, 6.45) is 0. The highest BCUT2D eigenvalue weighted by Crippen LogP contribution is 2.32. The van der Waals surface area contributed by atoms with Crippen molar-refractivity contribution >= 4 is 28.3 Å². The highest BCUT2D eigenvalue weighted by Gasteiger charge is 2.19. The number of H-pyrrole nitrogens is 1. The number of carbonyl (C=O) groups excluding carboxylic acids is 1. The molecular weight excluding hydrogens is 378 g/mol. The summed E-state index contributed by atoms with van der Waals surface area (Å²) in [6.45, 7) is 0.460. The molecule has 0 fully saturated rings. The molecule has 0 spiro atoms. The van der Waals surface area contributed by atoms with Crippen LogP contribution < -0.4 is 5.73 Å². The Bertz CT molecular complexity index is 1230. The second kappa shape index (κ2) is 8.23. The second-order valence-corrected chi connectivity index (χ2v) is 6.80. The first-order valence-corrected chi connectivity index (χ1v) is 9.47. The number of ether oxygens (including phenoxy) is 1. The normalized spacial score (nSPS) is 11.6. The first-order valence-electron chi connectivity index (χ1n) is 9.47. The van der Waals surface area contributed by atoms with Gasteiger partial charge in [0, 0.05) is 23.0 Å². The van der Waals surface area contributed by atoms with Crippen molar-refractivity contribution in [2.45, 2.75) is 6.54 Å². The van der Waals surface area contributed by atoms with Crippen molar-refractivity contribution in [3.63, 3.8) is 0 Å². The maximum atomic E-state index is 11.9. The van der Waals surface area contributed by atoms with E-state index >= 15 is 0 Å². The van der Waals surface area contributed by atoms with E-state index in [0.717, 1.165) is 22.2 Å². The number of nitrogens with one attached hydrogen (secondary N) is 1. The Labute approximate surface area is 173 Å². The molecule has 0 aliphatic rings. The Morgan fingerprint density at radius 3 is 2.43 bits per heavy atom. The number of fused-ring (bicyclic) bond motifs is 1. The summed E-state index contributed by atoms with van der Waals surface area (Å²) in [7, 11) is 1.33. The standard InChI is InChI=1S/C24H21N3O3/c1-30-24(29)17-9-12-19-20(13-17)27-23(28)21(19)22(16-5-3-2-4-6-16)26-18-10-7-15(14-25)8-11-18/h2-13,27-28H,14,25H2,1H3. The van der Waals surface area contributed by atoms with Crippen LogP contribution in [0.4, 0.5) is 5.69 Å². The number of nitrogens with zero attached hydrogens (tertiary/aromatic N) is 1. The number of aromatic nitrogens is 1. The molecule has 0 amide bonds. The van der Waals surface area contributed by atoms with Crippen LogP contribution in [0.3, 0.4) is 0 Å². The van der Waals surface area contributed by atoms with Gasteiger partial charge in [-0.1, -0.05) is 48.5 Å². The highest BCUT2D eigenvalue weighted by atomic mass is 16.5. The summed E-state index contributed by atoms with van der Waals surface area (Å²) in [6, 6.07) is 22.4. The minimum atomic E-state index is -0.440. The monoisotopic (exact) mass is 399 g/mol. The molecule has 4 rings (SSSR count). The van der Waals surface area contributed by atoms with E-state index in [2.05, 4.69) is 4.98 Å². The molecule has 6 heteroatoms. The Balaban J connectivity index is 1.91. The Morgan fingerprint density at radius 1 is 1.03 bits per heavy atom. The van der Waals surface area contributed by atoms with Gasteiger partial charge in [-0.2, -0.15) is 0 Å². The minimum Gasteiger partial charge on any atom is -0.494 e. The molecule has 30 heavy (non-hydrogen) atoms. The third-order valence-electron chi connectivity index (χ3n) is 4.90. The van der Waals surface area contributed by atoms with E-state index in [1.807, 2.05) is 54.6 Å². The fraction of sp³-hybridized carbons (Fsp3) is 0.0833. The predicted molar refractivity (Wildman–Crippen MR) is 117 cm³/mol. The third-order valence-corrected chi connectivity index (χ3v) is 4.90. The molecule has 0 aliphatic carbocycles. The molecule has 4 N–H and O–H groups in total. The molecule has 0 saturated heterocycles. The molecule has 0 radical (unpaired) electrons. The van der Waals surface area contributed by atoms with E-state index in [1.165, 1.54) is 7.11 Å². The topological polar surface area (TPSA) is 101 Å². The number of benzene rings is 3. The number of hydrogen-bond donors (Lipinski definition) is 3. The number of esters is 1.